The lowest BCUT2D eigenvalue weighted by Crippen LogP contribution is -2.16. The Hall–Kier alpha value is -2.26. The molecule has 1 heterocycles. The molecule has 4 rings (SSSR count). The van der Waals surface area contributed by atoms with E-state index >= 15 is 0 Å². The molecule has 1 aliphatic rings. The van der Waals surface area contributed by atoms with Crippen LogP contribution in [0.3, 0.4) is 0 Å². The van der Waals surface area contributed by atoms with Crippen molar-refractivity contribution < 1.29 is 4.74 Å². The summed E-state index contributed by atoms with van der Waals surface area (Å²) in [7, 11) is 0. The summed E-state index contributed by atoms with van der Waals surface area (Å²) < 4.78 is 7.12. The van der Waals surface area contributed by atoms with Crippen molar-refractivity contribution in [1.82, 2.24) is 0 Å². The molecule has 3 aromatic rings. The molecule has 126 valence electrons. The first-order valence-corrected chi connectivity index (χ1v) is 9.20. The van der Waals surface area contributed by atoms with Gasteiger partial charge in [0.2, 0.25) is 0 Å². The van der Waals surface area contributed by atoms with Gasteiger partial charge in [-0.1, -0.05) is 61.0 Å². The number of nitrogens with zero attached hydrogens (tertiary/aromatic N) is 1. The van der Waals surface area contributed by atoms with Gasteiger partial charge in [0.25, 0.3) is 0 Å². The Balaban J connectivity index is 1.87. The molecule has 3 aromatic carbocycles. The van der Waals surface area contributed by atoms with E-state index in [1.807, 2.05) is 30.3 Å². The predicted octanol–water partition coefficient (Wildman–Crippen LogP) is 7.32. The Labute approximate surface area is 157 Å². The first-order valence-electron chi connectivity index (χ1n) is 8.40. The monoisotopic (exact) mass is 393 g/mol. The minimum absolute atomic E-state index is 0.143. The Morgan fingerprint density at radius 3 is 2.20 bits per heavy atom. The van der Waals surface area contributed by atoms with E-state index in [2.05, 4.69) is 78.0 Å². The number of ether oxygens (including phenoxy) is 1. The highest BCUT2D eigenvalue weighted by Gasteiger charge is 2.26. The lowest BCUT2D eigenvalue weighted by atomic mass is 9.87. The van der Waals surface area contributed by atoms with E-state index in [-0.39, 0.29) is 5.41 Å². The standard InChI is InChI=1S/C22H20BrNO/c1-22(2,3)15-8-11-17(12-9-15)24-18-6-4-5-7-20(18)25-21-14-16(23)10-13-19(21)24/h4-14H,1-3H3. The van der Waals surface area contributed by atoms with E-state index < -0.39 is 0 Å². The second-order valence-electron chi connectivity index (χ2n) is 7.31. The summed E-state index contributed by atoms with van der Waals surface area (Å²) in [6, 6.07) is 23.1. The number of hydrogen-bond acceptors (Lipinski definition) is 2. The van der Waals surface area contributed by atoms with Crippen molar-refractivity contribution in [3.8, 4) is 11.5 Å². The average molecular weight is 394 g/mol. The zero-order valence-corrected chi connectivity index (χ0v) is 16.2. The van der Waals surface area contributed by atoms with Crippen molar-refractivity contribution in [1.29, 1.82) is 0 Å². The second-order valence-corrected chi connectivity index (χ2v) is 8.23. The zero-order chi connectivity index (χ0) is 17.6. The van der Waals surface area contributed by atoms with Crippen LogP contribution in [0, 0.1) is 0 Å². The maximum atomic E-state index is 6.12. The van der Waals surface area contributed by atoms with Crippen molar-refractivity contribution >= 4 is 33.0 Å². The van der Waals surface area contributed by atoms with Crippen LogP contribution in [0.15, 0.2) is 71.2 Å². The van der Waals surface area contributed by atoms with Crippen LogP contribution in [0.25, 0.3) is 0 Å². The van der Waals surface area contributed by atoms with Gasteiger partial charge >= 0.3 is 0 Å². The maximum Gasteiger partial charge on any atom is 0.152 e. The lowest BCUT2D eigenvalue weighted by Gasteiger charge is -2.33. The predicted molar refractivity (Wildman–Crippen MR) is 108 cm³/mol. The topological polar surface area (TPSA) is 12.5 Å². The summed E-state index contributed by atoms with van der Waals surface area (Å²) in [5.74, 6) is 1.72. The molecule has 0 aliphatic carbocycles. The molecule has 0 bridgehead atoms. The van der Waals surface area contributed by atoms with Crippen LogP contribution in [0.2, 0.25) is 0 Å². The molecule has 0 saturated carbocycles. The number of anilines is 3. The highest BCUT2D eigenvalue weighted by Crippen LogP contribution is 2.50. The molecule has 1 aliphatic heterocycles. The summed E-state index contributed by atoms with van der Waals surface area (Å²) in [6.07, 6.45) is 0. The molecular weight excluding hydrogens is 374 g/mol. The van der Waals surface area contributed by atoms with Crippen LogP contribution in [0.4, 0.5) is 17.1 Å². The van der Waals surface area contributed by atoms with E-state index in [4.69, 9.17) is 4.74 Å². The molecule has 0 atom stereocenters. The van der Waals surface area contributed by atoms with E-state index in [9.17, 15) is 0 Å². The number of rotatable bonds is 1. The molecule has 0 radical (unpaired) electrons. The fourth-order valence-electron chi connectivity index (χ4n) is 3.12. The third-order valence-electron chi connectivity index (χ3n) is 4.48. The average Bonchev–Trinajstić information content (AvgIpc) is 2.59. The van der Waals surface area contributed by atoms with E-state index in [0.717, 1.165) is 33.0 Å². The zero-order valence-electron chi connectivity index (χ0n) is 14.6. The Kier molecular flexibility index (Phi) is 3.84. The third-order valence-corrected chi connectivity index (χ3v) is 4.97. The van der Waals surface area contributed by atoms with Crippen LogP contribution in [-0.2, 0) is 5.41 Å². The summed E-state index contributed by atoms with van der Waals surface area (Å²) in [6.45, 7) is 6.70. The number of hydrogen-bond donors (Lipinski definition) is 0. The third kappa shape index (κ3) is 2.93. The summed E-state index contributed by atoms with van der Waals surface area (Å²) in [5.41, 5.74) is 4.71. The molecule has 0 unspecified atom stereocenters. The summed E-state index contributed by atoms with van der Waals surface area (Å²) >= 11 is 3.54. The van der Waals surface area contributed by atoms with Gasteiger partial charge in [0.15, 0.2) is 11.5 Å². The highest BCUT2D eigenvalue weighted by atomic mass is 79.9. The number of benzene rings is 3. The second kappa shape index (κ2) is 5.92. The first-order chi connectivity index (χ1) is 11.9. The maximum absolute atomic E-state index is 6.12. The SMILES string of the molecule is CC(C)(C)c1ccc(N2c3ccccc3Oc3cc(Br)ccc32)cc1. The first kappa shape index (κ1) is 16.2. The van der Waals surface area contributed by atoms with Gasteiger partial charge in [-0.05, 0) is 53.4 Å². The molecule has 0 N–H and O–H groups in total. The summed E-state index contributed by atoms with van der Waals surface area (Å²) in [5, 5.41) is 0. The Bertz CT molecular complexity index is 926. The van der Waals surface area contributed by atoms with Crippen LogP contribution < -0.4 is 9.64 Å². The van der Waals surface area contributed by atoms with Gasteiger partial charge in [-0.3, -0.25) is 0 Å². The van der Waals surface area contributed by atoms with Gasteiger partial charge in [0.05, 0.1) is 11.4 Å². The number of para-hydroxylation sites is 2. The molecule has 0 spiro atoms. The van der Waals surface area contributed by atoms with Crippen molar-refractivity contribution in [3.63, 3.8) is 0 Å². The largest absolute Gasteiger partial charge is 0.453 e. The van der Waals surface area contributed by atoms with Crippen molar-refractivity contribution in [2.75, 3.05) is 4.90 Å². The smallest absolute Gasteiger partial charge is 0.152 e. The van der Waals surface area contributed by atoms with Crippen molar-refractivity contribution in [2.45, 2.75) is 26.2 Å². The minimum atomic E-state index is 0.143. The number of fused-ring (bicyclic) bond motifs is 2. The molecule has 0 saturated heterocycles. The van der Waals surface area contributed by atoms with Crippen LogP contribution in [-0.4, -0.2) is 0 Å². The van der Waals surface area contributed by atoms with E-state index in [1.54, 1.807) is 0 Å². The highest BCUT2D eigenvalue weighted by molar-refractivity contribution is 9.10. The fraction of sp³-hybridized carbons (Fsp3) is 0.182. The normalized spacial score (nSPS) is 13.0. The van der Waals surface area contributed by atoms with Gasteiger partial charge < -0.3 is 9.64 Å². The van der Waals surface area contributed by atoms with Gasteiger partial charge in [-0.15, -0.1) is 0 Å². The Morgan fingerprint density at radius 2 is 1.48 bits per heavy atom. The molecule has 2 nitrogen and oxygen atoms in total. The number of halogens is 1. The molecule has 25 heavy (non-hydrogen) atoms. The minimum Gasteiger partial charge on any atom is -0.453 e. The van der Waals surface area contributed by atoms with Crippen molar-refractivity contribution in [2.24, 2.45) is 0 Å². The van der Waals surface area contributed by atoms with Crippen LogP contribution in [0.1, 0.15) is 26.3 Å². The molecule has 0 aromatic heterocycles. The van der Waals surface area contributed by atoms with E-state index in [1.165, 1.54) is 5.56 Å². The molecule has 0 amide bonds. The van der Waals surface area contributed by atoms with Gasteiger partial charge in [0.1, 0.15) is 0 Å². The summed E-state index contributed by atoms with van der Waals surface area (Å²) in [4.78, 5) is 2.26. The van der Waals surface area contributed by atoms with E-state index in [0.29, 0.717) is 0 Å². The van der Waals surface area contributed by atoms with Crippen LogP contribution in [0.5, 0.6) is 11.5 Å². The molecule has 3 heteroatoms. The quantitative estimate of drug-likeness (QED) is 0.335. The fourth-order valence-corrected chi connectivity index (χ4v) is 3.46. The Morgan fingerprint density at radius 1 is 0.800 bits per heavy atom. The van der Waals surface area contributed by atoms with Gasteiger partial charge in [-0.2, -0.15) is 0 Å². The lowest BCUT2D eigenvalue weighted by molar-refractivity contribution is 0.476. The van der Waals surface area contributed by atoms with Gasteiger partial charge in [-0.25, -0.2) is 0 Å². The molecular formula is C22H20BrNO. The van der Waals surface area contributed by atoms with Crippen LogP contribution >= 0.6 is 15.9 Å². The van der Waals surface area contributed by atoms with Crippen molar-refractivity contribution in [3.05, 3.63) is 76.8 Å². The molecule has 0 fully saturated rings. The van der Waals surface area contributed by atoms with Gasteiger partial charge in [0, 0.05) is 10.2 Å².